The van der Waals surface area contributed by atoms with Gasteiger partial charge in [0.2, 0.25) is 0 Å². The number of hydrogen-bond donors (Lipinski definition) is 0. The number of fused-ring (bicyclic) bond motifs is 1. The summed E-state index contributed by atoms with van der Waals surface area (Å²) in [6.45, 7) is 8.85. The van der Waals surface area contributed by atoms with Gasteiger partial charge in [-0.1, -0.05) is 26.0 Å². The van der Waals surface area contributed by atoms with E-state index in [-0.39, 0.29) is 6.61 Å². The monoisotopic (exact) mass is 410 g/mol. The van der Waals surface area contributed by atoms with Gasteiger partial charge in [0, 0.05) is 17.0 Å². The van der Waals surface area contributed by atoms with Crippen LogP contribution in [0.3, 0.4) is 0 Å². The SMILES string of the molecule is CCOc1cc(C(=O)OCc2cc(=O)oc3cc(C)ccc23)ccc1OCC(C)C. The predicted octanol–water partition coefficient (Wildman–Crippen LogP) is 4.89. The number of benzene rings is 2. The van der Waals surface area contributed by atoms with Crippen molar-refractivity contribution in [1.82, 2.24) is 0 Å². The van der Waals surface area contributed by atoms with Crippen molar-refractivity contribution in [2.45, 2.75) is 34.3 Å². The maximum absolute atomic E-state index is 12.6. The van der Waals surface area contributed by atoms with Crippen molar-refractivity contribution in [3.05, 3.63) is 69.6 Å². The van der Waals surface area contributed by atoms with E-state index in [4.69, 9.17) is 18.6 Å². The molecule has 0 amide bonds. The molecule has 0 radical (unpaired) electrons. The van der Waals surface area contributed by atoms with Crippen LogP contribution in [0.4, 0.5) is 0 Å². The maximum Gasteiger partial charge on any atom is 0.338 e. The Morgan fingerprint density at radius 2 is 1.83 bits per heavy atom. The molecule has 0 bridgehead atoms. The van der Waals surface area contributed by atoms with E-state index >= 15 is 0 Å². The van der Waals surface area contributed by atoms with Crippen LogP contribution >= 0.6 is 0 Å². The van der Waals surface area contributed by atoms with Crippen LogP contribution < -0.4 is 15.1 Å². The Bertz CT molecular complexity index is 1100. The van der Waals surface area contributed by atoms with Gasteiger partial charge in [-0.15, -0.1) is 0 Å². The average Bonchev–Trinajstić information content (AvgIpc) is 2.70. The van der Waals surface area contributed by atoms with Crippen LogP contribution in [0.1, 0.15) is 42.3 Å². The molecular weight excluding hydrogens is 384 g/mol. The molecule has 158 valence electrons. The molecule has 0 fully saturated rings. The summed E-state index contributed by atoms with van der Waals surface area (Å²) in [5.41, 5.74) is 1.90. The molecule has 3 aromatic rings. The van der Waals surface area contributed by atoms with Crippen LogP contribution in [0.15, 0.2) is 51.7 Å². The zero-order valence-electron chi connectivity index (χ0n) is 17.7. The highest BCUT2D eigenvalue weighted by molar-refractivity contribution is 5.90. The first-order chi connectivity index (χ1) is 14.4. The second-order valence-corrected chi connectivity index (χ2v) is 7.47. The lowest BCUT2D eigenvalue weighted by Crippen LogP contribution is -2.10. The molecule has 0 aliphatic rings. The number of esters is 1. The van der Waals surface area contributed by atoms with Crippen molar-refractivity contribution in [2.75, 3.05) is 13.2 Å². The third-order valence-electron chi connectivity index (χ3n) is 4.40. The Balaban J connectivity index is 1.78. The first kappa shape index (κ1) is 21.4. The van der Waals surface area contributed by atoms with Gasteiger partial charge in [-0.25, -0.2) is 9.59 Å². The highest BCUT2D eigenvalue weighted by Gasteiger charge is 2.15. The topological polar surface area (TPSA) is 75.0 Å². The third kappa shape index (κ3) is 5.20. The van der Waals surface area contributed by atoms with Crippen LogP contribution in [0.2, 0.25) is 0 Å². The molecule has 3 rings (SSSR count). The van der Waals surface area contributed by atoms with Gasteiger partial charge in [0.25, 0.3) is 0 Å². The molecule has 1 aromatic heterocycles. The second-order valence-electron chi connectivity index (χ2n) is 7.47. The molecule has 6 heteroatoms. The molecule has 1 heterocycles. The fraction of sp³-hybridized carbons (Fsp3) is 0.333. The van der Waals surface area contributed by atoms with Gasteiger partial charge < -0.3 is 18.6 Å². The van der Waals surface area contributed by atoms with Crippen molar-refractivity contribution < 1.29 is 23.4 Å². The van der Waals surface area contributed by atoms with E-state index in [0.29, 0.717) is 47.3 Å². The standard InChI is InChI=1S/C24H26O6/c1-5-27-22-11-17(7-9-20(22)28-13-15(2)3)24(26)29-14-18-12-23(25)30-21-10-16(4)6-8-19(18)21/h6-12,15H,5,13-14H2,1-4H3. The fourth-order valence-corrected chi connectivity index (χ4v) is 2.96. The molecule has 0 aliphatic carbocycles. The molecule has 0 atom stereocenters. The molecule has 0 unspecified atom stereocenters. The van der Waals surface area contributed by atoms with Crippen molar-refractivity contribution in [2.24, 2.45) is 5.92 Å². The summed E-state index contributed by atoms with van der Waals surface area (Å²) < 4.78 is 22.1. The Labute approximate surface area is 175 Å². The van der Waals surface area contributed by atoms with E-state index < -0.39 is 11.6 Å². The first-order valence-corrected chi connectivity index (χ1v) is 9.97. The molecule has 0 spiro atoms. The van der Waals surface area contributed by atoms with Crippen molar-refractivity contribution >= 4 is 16.9 Å². The predicted molar refractivity (Wildman–Crippen MR) is 114 cm³/mol. The van der Waals surface area contributed by atoms with E-state index in [1.807, 2.05) is 26.0 Å². The summed E-state index contributed by atoms with van der Waals surface area (Å²) in [6.07, 6.45) is 0. The summed E-state index contributed by atoms with van der Waals surface area (Å²) in [7, 11) is 0. The minimum atomic E-state index is -0.514. The lowest BCUT2D eigenvalue weighted by atomic mass is 10.1. The van der Waals surface area contributed by atoms with E-state index in [1.165, 1.54) is 6.07 Å². The molecule has 0 aliphatic heterocycles. The van der Waals surface area contributed by atoms with Crippen molar-refractivity contribution in [1.29, 1.82) is 0 Å². The van der Waals surface area contributed by atoms with E-state index in [2.05, 4.69) is 13.8 Å². The summed E-state index contributed by atoms with van der Waals surface area (Å²) in [6, 6.07) is 11.9. The van der Waals surface area contributed by atoms with Gasteiger partial charge >= 0.3 is 11.6 Å². The van der Waals surface area contributed by atoms with Gasteiger partial charge in [-0.05, 0) is 49.6 Å². The number of hydrogen-bond acceptors (Lipinski definition) is 6. The molecule has 30 heavy (non-hydrogen) atoms. The zero-order chi connectivity index (χ0) is 21.7. The van der Waals surface area contributed by atoms with Crippen LogP contribution in [-0.2, 0) is 11.3 Å². The highest BCUT2D eigenvalue weighted by Crippen LogP contribution is 2.29. The Morgan fingerprint density at radius 1 is 1.03 bits per heavy atom. The third-order valence-corrected chi connectivity index (χ3v) is 4.40. The average molecular weight is 410 g/mol. The Kier molecular flexibility index (Phi) is 6.77. The number of carbonyl (C=O) groups excluding carboxylic acids is 1. The molecule has 0 N–H and O–H groups in total. The molecule has 6 nitrogen and oxygen atoms in total. The second kappa shape index (κ2) is 9.48. The largest absolute Gasteiger partial charge is 0.490 e. The Morgan fingerprint density at radius 3 is 2.57 bits per heavy atom. The minimum Gasteiger partial charge on any atom is -0.490 e. The van der Waals surface area contributed by atoms with Gasteiger partial charge in [0.05, 0.1) is 18.8 Å². The highest BCUT2D eigenvalue weighted by atomic mass is 16.5. The van der Waals surface area contributed by atoms with E-state index in [9.17, 15) is 9.59 Å². The Hall–Kier alpha value is -3.28. The van der Waals surface area contributed by atoms with Crippen molar-refractivity contribution in [3.63, 3.8) is 0 Å². The van der Waals surface area contributed by atoms with E-state index in [1.54, 1.807) is 24.3 Å². The molecule has 0 saturated heterocycles. The summed E-state index contributed by atoms with van der Waals surface area (Å²) in [5, 5.41) is 0.737. The summed E-state index contributed by atoms with van der Waals surface area (Å²) >= 11 is 0. The van der Waals surface area contributed by atoms with Crippen LogP contribution in [0, 0.1) is 12.8 Å². The van der Waals surface area contributed by atoms with Crippen LogP contribution in [0.5, 0.6) is 11.5 Å². The minimum absolute atomic E-state index is 0.0421. The lowest BCUT2D eigenvalue weighted by molar-refractivity contribution is 0.0473. The number of carbonyl (C=O) groups is 1. The smallest absolute Gasteiger partial charge is 0.338 e. The normalized spacial score (nSPS) is 11.0. The zero-order valence-corrected chi connectivity index (χ0v) is 17.7. The van der Waals surface area contributed by atoms with E-state index in [0.717, 1.165) is 10.9 Å². The molecule has 0 saturated carbocycles. The quantitative estimate of drug-likeness (QED) is 0.389. The maximum atomic E-state index is 12.6. The van der Waals surface area contributed by atoms with Gasteiger partial charge in [0.1, 0.15) is 12.2 Å². The van der Waals surface area contributed by atoms with Gasteiger partial charge in [0.15, 0.2) is 11.5 Å². The number of rotatable bonds is 8. The fourth-order valence-electron chi connectivity index (χ4n) is 2.96. The van der Waals surface area contributed by atoms with Gasteiger partial charge in [-0.2, -0.15) is 0 Å². The first-order valence-electron chi connectivity index (χ1n) is 9.97. The molecule has 2 aromatic carbocycles. The molecular formula is C24H26O6. The van der Waals surface area contributed by atoms with Crippen LogP contribution in [0.25, 0.3) is 11.0 Å². The lowest BCUT2D eigenvalue weighted by Gasteiger charge is -2.14. The summed E-state index contributed by atoms with van der Waals surface area (Å²) in [5.74, 6) is 0.934. The summed E-state index contributed by atoms with van der Waals surface area (Å²) in [4.78, 5) is 24.5. The van der Waals surface area contributed by atoms with Crippen LogP contribution in [-0.4, -0.2) is 19.2 Å². The number of aryl methyl sites for hydroxylation is 1. The van der Waals surface area contributed by atoms with Gasteiger partial charge in [-0.3, -0.25) is 0 Å². The number of ether oxygens (including phenoxy) is 3. The van der Waals surface area contributed by atoms with Crippen molar-refractivity contribution in [3.8, 4) is 11.5 Å².